The maximum Gasteiger partial charge on any atom is 0.123 e. The zero-order valence-corrected chi connectivity index (χ0v) is 7.33. The van der Waals surface area contributed by atoms with Crippen LogP contribution < -0.4 is 16.8 Å². The molecule has 0 bridgehead atoms. The Balaban J connectivity index is 2.41. The molecular weight excluding hydrogens is 169 g/mol. The van der Waals surface area contributed by atoms with E-state index in [-0.39, 0.29) is 11.9 Å². The van der Waals surface area contributed by atoms with Gasteiger partial charge in [0.2, 0.25) is 0 Å². The van der Waals surface area contributed by atoms with E-state index in [0.29, 0.717) is 13.1 Å². The first-order valence-electron chi connectivity index (χ1n) is 4.17. The largest absolute Gasteiger partial charge is 0.383 e. The average molecular weight is 183 g/mol. The molecule has 0 saturated carbocycles. The molecule has 1 atom stereocenters. The Morgan fingerprint density at radius 2 is 1.92 bits per heavy atom. The van der Waals surface area contributed by atoms with Crippen LogP contribution in [0, 0.1) is 5.82 Å². The maximum atomic E-state index is 12.5. The summed E-state index contributed by atoms with van der Waals surface area (Å²) >= 11 is 0. The van der Waals surface area contributed by atoms with Gasteiger partial charge >= 0.3 is 0 Å². The van der Waals surface area contributed by atoms with Crippen molar-refractivity contribution < 1.29 is 4.39 Å². The summed E-state index contributed by atoms with van der Waals surface area (Å²) in [6, 6.07) is 6.06. The fourth-order valence-corrected chi connectivity index (χ4v) is 0.900. The van der Waals surface area contributed by atoms with E-state index in [0.717, 1.165) is 5.69 Å². The van der Waals surface area contributed by atoms with Crippen LogP contribution in [-0.2, 0) is 0 Å². The molecule has 3 nitrogen and oxygen atoms in total. The summed E-state index contributed by atoms with van der Waals surface area (Å²) in [5, 5.41) is 3.05. The highest BCUT2D eigenvalue weighted by Crippen LogP contribution is 2.07. The molecule has 5 N–H and O–H groups in total. The highest BCUT2D eigenvalue weighted by Gasteiger charge is 1.98. The van der Waals surface area contributed by atoms with Crippen LogP contribution >= 0.6 is 0 Å². The van der Waals surface area contributed by atoms with Gasteiger partial charge in [-0.15, -0.1) is 0 Å². The van der Waals surface area contributed by atoms with Gasteiger partial charge in [-0.05, 0) is 24.3 Å². The number of rotatable bonds is 4. The van der Waals surface area contributed by atoms with Gasteiger partial charge < -0.3 is 16.8 Å². The molecule has 1 unspecified atom stereocenters. The molecule has 0 aliphatic heterocycles. The van der Waals surface area contributed by atoms with Crippen molar-refractivity contribution in [2.24, 2.45) is 11.5 Å². The van der Waals surface area contributed by atoms with Crippen molar-refractivity contribution in [2.75, 3.05) is 18.4 Å². The Bertz CT molecular complexity index is 248. The molecule has 0 saturated heterocycles. The SMILES string of the molecule is NCC(N)CNc1ccc(F)cc1. The van der Waals surface area contributed by atoms with E-state index < -0.39 is 0 Å². The van der Waals surface area contributed by atoms with E-state index in [4.69, 9.17) is 11.5 Å². The third kappa shape index (κ3) is 3.40. The Labute approximate surface area is 76.9 Å². The molecule has 0 aliphatic rings. The van der Waals surface area contributed by atoms with Gasteiger partial charge in [0, 0.05) is 24.8 Å². The van der Waals surface area contributed by atoms with Gasteiger partial charge in [-0.3, -0.25) is 0 Å². The fourth-order valence-electron chi connectivity index (χ4n) is 0.900. The Morgan fingerprint density at radius 1 is 1.31 bits per heavy atom. The van der Waals surface area contributed by atoms with Crippen LogP contribution in [0.2, 0.25) is 0 Å². The molecule has 13 heavy (non-hydrogen) atoms. The van der Waals surface area contributed by atoms with Crippen molar-refractivity contribution in [3.63, 3.8) is 0 Å². The van der Waals surface area contributed by atoms with Gasteiger partial charge in [-0.1, -0.05) is 0 Å². The van der Waals surface area contributed by atoms with Crippen LogP contribution in [0.25, 0.3) is 0 Å². The number of hydrogen-bond acceptors (Lipinski definition) is 3. The van der Waals surface area contributed by atoms with Crippen molar-refractivity contribution in [2.45, 2.75) is 6.04 Å². The second-order valence-electron chi connectivity index (χ2n) is 2.88. The molecule has 0 spiro atoms. The van der Waals surface area contributed by atoms with Crippen LogP contribution in [0.5, 0.6) is 0 Å². The topological polar surface area (TPSA) is 64.1 Å². The predicted octanol–water partition coefficient (Wildman–Crippen LogP) is 0.524. The third-order valence-corrected chi connectivity index (χ3v) is 1.72. The van der Waals surface area contributed by atoms with Gasteiger partial charge in [-0.2, -0.15) is 0 Å². The molecule has 0 heterocycles. The molecule has 0 aromatic heterocycles. The number of nitrogens with one attached hydrogen (secondary N) is 1. The standard InChI is InChI=1S/C9H14FN3/c10-7-1-3-9(4-2-7)13-6-8(12)5-11/h1-4,8,13H,5-6,11-12H2. The van der Waals surface area contributed by atoms with Gasteiger partial charge in [0.15, 0.2) is 0 Å². The van der Waals surface area contributed by atoms with Crippen LogP contribution in [-0.4, -0.2) is 19.1 Å². The number of hydrogen-bond donors (Lipinski definition) is 3. The second-order valence-corrected chi connectivity index (χ2v) is 2.88. The highest BCUT2D eigenvalue weighted by atomic mass is 19.1. The molecule has 0 aliphatic carbocycles. The molecule has 1 rings (SSSR count). The molecule has 1 aromatic carbocycles. The first kappa shape index (κ1) is 9.95. The van der Waals surface area contributed by atoms with Crippen LogP contribution in [0.4, 0.5) is 10.1 Å². The van der Waals surface area contributed by atoms with Gasteiger partial charge in [0.05, 0.1) is 0 Å². The summed E-state index contributed by atoms with van der Waals surface area (Å²) in [6.45, 7) is 1.04. The Kier molecular flexibility index (Phi) is 3.67. The number of benzene rings is 1. The minimum absolute atomic E-state index is 0.0648. The van der Waals surface area contributed by atoms with Crippen molar-refractivity contribution in [1.82, 2.24) is 0 Å². The molecule has 0 radical (unpaired) electrons. The summed E-state index contributed by atoms with van der Waals surface area (Å²) < 4.78 is 12.5. The fraction of sp³-hybridized carbons (Fsp3) is 0.333. The average Bonchev–Trinajstić information content (AvgIpc) is 2.16. The first-order chi connectivity index (χ1) is 6.22. The molecule has 0 amide bonds. The van der Waals surface area contributed by atoms with E-state index in [2.05, 4.69) is 5.32 Å². The lowest BCUT2D eigenvalue weighted by Gasteiger charge is -2.10. The minimum atomic E-state index is -0.242. The number of nitrogens with two attached hydrogens (primary N) is 2. The maximum absolute atomic E-state index is 12.5. The Hall–Kier alpha value is -1.13. The van der Waals surface area contributed by atoms with Crippen molar-refractivity contribution in [3.8, 4) is 0 Å². The zero-order valence-electron chi connectivity index (χ0n) is 7.33. The summed E-state index contributed by atoms with van der Waals surface area (Å²) in [4.78, 5) is 0. The van der Waals surface area contributed by atoms with E-state index in [1.165, 1.54) is 12.1 Å². The van der Waals surface area contributed by atoms with Gasteiger partial charge in [0.1, 0.15) is 5.82 Å². The van der Waals surface area contributed by atoms with Crippen molar-refractivity contribution in [1.29, 1.82) is 0 Å². The van der Waals surface area contributed by atoms with E-state index in [1.807, 2.05) is 0 Å². The van der Waals surface area contributed by atoms with Crippen LogP contribution in [0.15, 0.2) is 24.3 Å². The van der Waals surface area contributed by atoms with Crippen molar-refractivity contribution >= 4 is 5.69 Å². The summed E-state index contributed by atoms with van der Waals surface area (Å²) in [7, 11) is 0. The lowest BCUT2D eigenvalue weighted by molar-refractivity contribution is 0.628. The Morgan fingerprint density at radius 3 is 2.46 bits per heavy atom. The van der Waals surface area contributed by atoms with Gasteiger partial charge in [0.25, 0.3) is 0 Å². The first-order valence-corrected chi connectivity index (χ1v) is 4.17. The number of halogens is 1. The molecular formula is C9H14FN3. The second kappa shape index (κ2) is 4.79. The number of anilines is 1. The quantitative estimate of drug-likeness (QED) is 0.637. The van der Waals surface area contributed by atoms with Crippen LogP contribution in [0.3, 0.4) is 0 Å². The van der Waals surface area contributed by atoms with Gasteiger partial charge in [-0.25, -0.2) is 4.39 Å². The lowest BCUT2D eigenvalue weighted by Crippen LogP contribution is -2.36. The van der Waals surface area contributed by atoms with Crippen molar-refractivity contribution in [3.05, 3.63) is 30.1 Å². The minimum Gasteiger partial charge on any atom is -0.383 e. The van der Waals surface area contributed by atoms with Crippen LogP contribution in [0.1, 0.15) is 0 Å². The van der Waals surface area contributed by atoms with E-state index >= 15 is 0 Å². The van der Waals surface area contributed by atoms with E-state index in [1.54, 1.807) is 12.1 Å². The summed E-state index contributed by atoms with van der Waals surface area (Å²) in [5.41, 5.74) is 11.8. The molecule has 72 valence electrons. The molecule has 0 fully saturated rings. The summed E-state index contributed by atoms with van der Waals surface area (Å²) in [6.07, 6.45) is 0. The zero-order chi connectivity index (χ0) is 9.68. The monoisotopic (exact) mass is 183 g/mol. The molecule has 1 aromatic rings. The highest BCUT2D eigenvalue weighted by molar-refractivity contribution is 5.42. The predicted molar refractivity (Wildman–Crippen MR) is 51.9 cm³/mol. The normalized spacial score (nSPS) is 12.5. The third-order valence-electron chi connectivity index (χ3n) is 1.72. The van der Waals surface area contributed by atoms with E-state index in [9.17, 15) is 4.39 Å². The summed E-state index contributed by atoms with van der Waals surface area (Å²) in [5.74, 6) is -0.242. The lowest BCUT2D eigenvalue weighted by atomic mass is 10.2. The molecule has 4 heteroatoms. The smallest absolute Gasteiger partial charge is 0.123 e.